The Morgan fingerprint density at radius 1 is 1.39 bits per heavy atom. The predicted octanol–water partition coefficient (Wildman–Crippen LogP) is 1.74. The third-order valence-corrected chi connectivity index (χ3v) is 3.65. The van der Waals surface area contributed by atoms with E-state index in [9.17, 15) is 12.8 Å². The molecule has 1 unspecified atom stereocenters. The van der Waals surface area contributed by atoms with Crippen LogP contribution in [0.15, 0.2) is 23.1 Å². The fraction of sp³-hybridized carbons (Fsp3) is 0.500. The van der Waals surface area contributed by atoms with Gasteiger partial charge in [-0.05, 0) is 25.0 Å². The van der Waals surface area contributed by atoms with Crippen LogP contribution in [0.4, 0.5) is 4.39 Å². The van der Waals surface area contributed by atoms with Crippen LogP contribution >= 0.6 is 0 Å². The van der Waals surface area contributed by atoms with Gasteiger partial charge in [-0.2, -0.15) is 0 Å². The van der Waals surface area contributed by atoms with Gasteiger partial charge in [-0.15, -0.1) is 0 Å². The van der Waals surface area contributed by atoms with Crippen molar-refractivity contribution < 1.29 is 17.5 Å². The van der Waals surface area contributed by atoms with E-state index in [1.165, 1.54) is 6.07 Å². The van der Waals surface area contributed by atoms with Crippen molar-refractivity contribution in [1.29, 1.82) is 0 Å². The minimum Gasteiger partial charge on any atom is -0.493 e. The maximum Gasteiger partial charge on any atom is 0.175 e. The van der Waals surface area contributed by atoms with Crippen molar-refractivity contribution in [2.45, 2.75) is 30.7 Å². The minimum atomic E-state index is -3.44. The van der Waals surface area contributed by atoms with Gasteiger partial charge in [0.05, 0.1) is 11.5 Å². The number of sulfone groups is 1. The maximum atomic E-state index is 13.2. The van der Waals surface area contributed by atoms with E-state index < -0.39 is 15.7 Å². The summed E-state index contributed by atoms with van der Waals surface area (Å²) in [4.78, 5) is -0.0858. The van der Waals surface area contributed by atoms with Crippen molar-refractivity contribution in [2.75, 3.05) is 12.9 Å². The molecule has 0 saturated carbocycles. The monoisotopic (exact) mass is 275 g/mol. The molecule has 102 valence electrons. The molecule has 18 heavy (non-hydrogen) atoms. The zero-order valence-corrected chi connectivity index (χ0v) is 11.3. The quantitative estimate of drug-likeness (QED) is 0.858. The zero-order valence-electron chi connectivity index (χ0n) is 10.5. The molecule has 0 aliphatic rings. The Balaban J connectivity index is 2.75. The first-order valence-corrected chi connectivity index (χ1v) is 7.61. The van der Waals surface area contributed by atoms with E-state index in [0.29, 0.717) is 13.0 Å². The van der Waals surface area contributed by atoms with Crippen molar-refractivity contribution in [3.8, 4) is 5.75 Å². The second-order valence-corrected chi connectivity index (χ2v) is 6.22. The van der Waals surface area contributed by atoms with Crippen LogP contribution in [0.3, 0.4) is 0 Å². The zero-order chi connectivity index (χ0) is 13.8. The fourth-order valence-corrected chi connectivity index (χ4v) is 2.02. The van der Waals surface area contributed by atoms with Crippen LogP contribution in [0.1, 0.15) is 19.8 Å². The van der Waals surface area contributed by atoms with Crippen molar-refractivity contribution in [2.24, 2.45) is 5.73 Å². The minimum absolute atomic E-state index is 0.0351. The van der Waals surface area contributed by atoms with Gasteiger partial charge in [0.15, 0.2) is 9.84 Å². The van der Waals surface area contributed by atoms with Crippen LogP contribution in [-0.2, 0) is 9.84 Å². The average Bonchev–Trinajstić information content (AvgIpc) is 2.27. The molecule has 0 aliphatic carbocycles. The van der Waals surface area contributed by atoms with Crippen LogP contribution in [-0.4, -0.2) is 27.3 Å². The lowest BCUT2D eigenvalue weighted by Crippen LogP contribution is -2.21. The molecule has 0 amide bonds. The van der Waals surface area contributed by atoms with Gasteiger partial charge in [0, 0.05) is 18.4 Å². The highest BCUT2D eigenvalue weighted by atomic mass is 32.2. The van der Waals surface area contributed by atoms with E-state index in [1.807, 2.05) is 6.92 Å². The lowest BCUT2D eigenvalue weighted by Gasteiger charge is -2.11. The number of nitrogens with two attached hydrogens (primary N) is 1. The number of hydrogen-bond donors (Lipinski definition) is 1. The molecule has 1 aromatic rings. The summed E-state index contributed by atoms with van der Waals surface area (Å²) in [6, 6.07) is 3.48. The lowest BCUT2D eigenvalue weighted by molar-refractivity contribution is 0.294. The summed E-state index contributed by atoms with van der Waals surface area (Å²) in [5.74, 6) is -0.425. The van der Waals surface area contributed by atoms with E-state index in [0.717, 1.165) is 24.8 Å². The van der Waals surface area contributed by atoms with Crippen molar-refractivity contribution >= 4 is 9.84 Å². The Hall–Kier alpha value is -1.14. The van der Waals surface area contributed by atoms with Gasteiger partial charge in [0.1, 0.15) is 11.6 Å². The maximum absolute atomic E-state index is 13.2. The van der Waals surface area contributed by atoms with Gasteiger partial charge >= 0.3 is 0 Å². The molecule has 1 aromatic carbocycles. The highest BCUT2D eigenvalue weighted by Gasteiger charge is 2.11. The lowest BCUT2D eigenvalue weighted by atomic mass is 10.2. The standard InChI is InChI=1S/C12H18FNO3S/c1-3-10(14)4-5-17-11-6-9(13)7-12(8-11)18(2,15)16/h6-8,10H,3-5,14H2,1-2H3. The topological polar surface area (TPSA) is 69.4 Å². The highest BCUT2D eigenvalue weighted by molar-refractivity contribution is 7.90. The number of hydrogen-bond acceptors (Lipinski definition) is 4. The largest absolute Gasteiger partial charge is 0.493 e. The van der Waals surface area contributed by atoms with Gasteiger partial charge in [-0.3, -0.25) is 0 Å². The molecule has 2 N–H and O–H groups in total. The van der Waals surface area contributed by atoms with Gasteiger partial charge in [-0.1, -0.05) is 6.92 Å². The van der Waals surface area contributed by atoms with Crippen LogP contribution in [0.2, 0.25) is 0 Å². The van der Waals surface area contributed by atoms with Crippen molar-refractivity contribution in [3.63, 3.8) is 0 Å². The number of rotatable bonds is 6. The van der Waals surface area contributed by atoms with Crippen molar-refractivity contribution in [1.82, 2.24) is 0 Å². The smallest absolute Gasteiger partial charge is 0.175 e. The summed E-state index contributed by atoms with van der Waals surface area (Å²) in [7, 11) is -3.44. The summed E-state index contributed by atoms with van der Waals surface area (Å²) in [6.07, 6.45) is 2.50. The van der Waals surface area contributed by atoms with Crippen LogP contribution < -0.4 is 10.5 Å². The summed E-state index contributed by atoms with van der Waals surface area (Å²) >= 11 is 0. The van der Waals surface area contributed by atoms with Crippen LogP contribution in [0, 0.1) is 5.82 Å². The molecule has 0 spiro atoms. The summed E-state index contributed by atoms with van der Waals surface area (Å²) < 4.78 is 41.2. The molecule has 1 rings (SSSR count). The molecule has 1 atom stereocenters. The SMILES string of the molecule is CCC(N)CCOc1cc(F)cc(S(C)(=O)=O)c1. The fourth-order valence-electron chi connectivity index (χ4n) is 1.37. The summed E-state index contributed by atoms with van der Waals surface area (Å²) in [6.45, 7) is 2.30. The van der Waals surface area contributed by atoms with E-state index in [2.05, 4.69) is 0 Å². The molecule has 0 fully saturated rings. The Kier molecular flexibility index (Phi) is 5.10. The molecular formula is C12H18FNO3S. The first kappa shape index (κ1) is 14.9. The predicted molar refractivity (Wildman–Crippen MR) is 67.9 cm³/mol. The average molecular weight is 275 g/mol. The first-order valence-electron chi connectivity index (χ1n) is 5.72. The summed E-state index contributed by atoms with van der Waals surface area (Å²) in [5.41, 5.74) is 5.72. The van der Waals surface area contributed by atoms with E-state index >= 15 is 0 Å². The summed E-state index contributed by atoms with van der Waals surface area (Å²) in [5, 5.41) is 0. The molecule has 0 aromatic heterocycles. The second kappa shape index (κ2) is 6.15. The molecule has 0 saturated heterocycles. The van der Waals surface area contributed by atoms with Crippen LogP contribution in [0.25, 0.3) is 0 Å². The van der Waals surface area contributed by atoms with E-state index in [-0.39, 0.29) is 16.7 Å². The second-order valence-electron chi connectivity index (χ2n) is 4.20. The highest BCUT2D eigenvalue weighted by Crippen LogP contribution is 2.20. The molecule has 0 heterocycles. The van der Waals surface area contributed by atoms with E-state index in [4.69, 9.17) is 10.5 Å². The number of halogens is 1. The Morgan fingerprint density at radius 2 is 2.06 bits per heavy atom. The third-order valence-electron chi connectivity index (χ3n) is 2.55. The molecule has 4 nitrogen and oxygen atoms in total. The van der Waals surface area contributed by atoms with E-state index in [1.54, 1.807) is 0 Å². The van der Waals surface area contributed by atoms with Crippen molar-refractivity contribution in [3.05, 3.63) is 24.0 Å². The van der Waals surface area contributed by atoms with Gasteiger partial charge in [0.2, 0.25) is 0 Å². The Labute approximate surface area is 107 Å². The number of ether oxygens (including phenoxy) is 1. The Morgan fingerprint density at radius 3 is 2.61 bits per heavy atom. The third kappa shape index (κ3) is 4.62. The molecule has 6 heteroatoms. The van der Waals surface area contributed by atoms with Gasteiger partial charge in [0.25, 0.3) is 0 Å². The van der Waals surface area contributed by atoms with Gasteiger partial charge in [-0.25, -0.2) is 12.8 Å². The first-order chi connectivity index (χ1) is 8.32. The number of benzene rings is 1. The van der Waals surface area contributed by atoms with Crippen LogP contribution in [0.5, 0.6) is 5.75 Å². The molecular weight excluding hydrogens is 257 g/mol. The molecule has 0 aliphatic heterocycles. The molecule has 0 bridgehead atoms. The van der Waals surface area contributed by atoms with Gasteiger partial charge < -0.3 is 10.5 Å². The Bertz CT molecular complexity index is 502. The molecule has 0 radical (unpaired) electrons. The normalized spacial score (nSPS) is 13.3.